The van der Waals surface area contributed by atoms with Gasteiger partial charge in [-0.25, -0.2) is 0 Å². The van der Waals surface area contributed by atoms with Crippen molar-refractivity contribution >= 4 is 39.1 Å². The number of halogens is 1. The molecule has 136 valence electrons. The molecule has 0 saturated heterocycles. The molecule has 6 heteroatoms. The predicted octanol–water partition coefficient (Wildman–Crippen LogP) is 3.64. The molecule has 26 heavy (non-hydrogen) atoms. The Kier molecular flexibility index (Phi) is 5.74. The molecule has 0 aromatic heterocycles. The molecule has 0 aliphatic carbocycles. The third kappa shape index (κ3) is 4.14. The van der Waals surface area contributed by atoms with Crippen LogP contribution in [-0.4, -0.2) is 36.3 Å². The molecular weight excluding hydrogens is 394 g/mol. The molecule has 1 heterocycles. The van der Waals surface area contributed by atoms with E-state index in [4.69, 9.17) is 0 Å². The Morgan fingerprint density at radius 3 is 2.69 bits per heavy atom. The molecule has 0 fully saturated rings. The first-order valence-corrected chi connectivity index (χ1v) is 9.38. The highest BCUT2D eigenvalue weighted by Gasteiger charge is 2.29. The molecule has 2 aromatic rings. The van der Waals surface area contributed by atoms with Gasteiger partial charge in [0.25, 0.3) is 0 Å². The number of amides is 2. The second-order valence-electron chi connectivity index (χ2n) is 6.65. The smallest absolute Gasteiger partial charge is 0.241 e. The van der Waals surface area contributed by atoms with Crippen molar-refractivity contribution in [3.63, 3.8) is 0 Å². The average Bonchev–Trinajstić information content (AvgIpc) is 2.71. The summed E-state index contributed by atoms with van der Waals surface area (Å²) in [6.45, 7) is 2.84. The minimum absolute atomic E-state index is 0.0176. The molecule has 1 N–H and O–H groups in total. The van der Waals surface area contributed by atoms with E-state index in [1.165, 1.54) is 0 Å². The quantitative estimate of drug-likeness (QED) is 0.828. The zero-order valence-corrected chi connectivity index (χ0v) is 16.5. The lowest BCUT2D eigenvalue weighted by molar-refractivity contribution is -0.120. The Morgan fingerprint density at radius 1 is 1.23 bits per heavy atom. The van der Waals surface area contributed by atoms with E-state index in [1.54, 1.807) is 4.90 Å². The molecule has 1 unspecified atom stereocenters. The standard InChI is InChI=1S/C20H22BrN3O2/c1-14-11-19(25)22-17-9-5-6-10-18(17)24(14)20(26)13-23(2)12-15-7-3-4-8-16(15)21/h3-10,14H,11-13H2,1-2H3,(H,22,25). The number of carbonyl (C=O) groups is 2. The van der Waals surface area contributed by atoms with E-state index in [0.717, 1.165) is 15.7 Å². The van der Waals surface area contributed by atoms with Gasteiger partial charge >= 0.3 is 0 Å². The summed E-state index contributed by atoms with van der Waals surface area (Å²) in [5.74, 6) is -0.0853. The van der Waals surface area contributed by atoms with Crippen LogP contribution in [0.2, 0.25) is 0 Å². The fraction of sp³-hybridized carbons (Fsp3) is 0.300. The van der Waals surface area contributed by atoms with Crippen LogP contribution < -0.4 is 10.2 Å². The lowest BCUT2D eigenvalue weighted by atomic mass is 10.1. The Bertz CT molecular complexity index is 824. The molecule has 2 amide bonds. The highest BCUT2D eigenvalue weighted by atomic mass is 79.9. The largest absolute Gasteiger partial charge is 0.324 e. The number of rotatable bonds is 4. The van der Waals surface area contributed by atoms with Crippen LogP contribution in [0.1, 0.15) is 18.9 Å². The number of carbonyl (C=O) groups excluding carboxylic acids is 2. The van der Waals surface area contributed by atoms with E-state index in [1.807, 2.05) is 67.4 Å². The number of likely N-dealkylation sites (N-methyl/N-ethyl adjacent to an activating group) is 1. The van der Waals surface area contributed by atoms with Crippen molar-refractivity contribution in [2.75, 3.05) is 23.8 Å². The summed E-state index contributed by atoms with van der Waals surface area (Å²) in [5, 5.41) is 2.89. The first kappa shape index (κ1) is 18.6. The van der Waals surface area contributed by atoms with Crippen LogP contribution in [0.15, 0.2) is 53.0 Å². The number of benzene rings is 2. The van der Waals surface area contributed by atoms with Gasteiger partial charge in [-0.2, -0.15) is 0 Å². The number of hydrogen-bond donors (Lipinski definition) is 1. The van der Waals surface area contributed by atoms with Crippen molar-refractivity contribution in [2.24, 2.45) is 0 Å². The zero-order chi connectivity index (χ0) is 18.7. The van der Waals surface area contributed by atoms with Gasteiger partial charge in [-0.3, -0.25) is 14.5 Å². The van der Waals surface area contributed by atoms with Gasteiger partial charge in [-0.1, -0.05) is 46.3 Å². The van der Waals surface area contributed by atoms with Gasteiger partial charge in [0.15, 0.2) is 0 Å². The average molecular weight is 416 g/mol. The molecule has 0 saturated carbocycles. The summed E-state index contributed by atoms with van der Waals surface area (Å²) in [6, 6.07) is 15.2. The third-order valence-corrected chi connectivity index (χ3v) is 5.20. The van der Waals surface area contributed by atoms with E-state index < -0.39 is 0 Å². The van der Waals surface area contributed by atoms with Gasteiger partial charge in [-0.05, 0) is 37.7 Å². The molecular formula is C20H22BrN3O2. The second kappa shape index (κ2) is 8.01. The van der Waals surface area contributed by atoms with Crippen LogP contribution in [0.25, 0.3) is 0 Å². The molecule has 1 aliphatic rings. The number of fused-ring (bicyclic) bond motifs is 1. The zero-order valence-electron chi connectivity index (χ0n) is 14.9. The van der Waals surface area contributed by atoms with Crippen LogP contribution >= 0.6 is 15.9 Å². The lowest BCUT2D eigenvalue weighted by Gasteiger charge is -2.29. The van der Waals surface area contributed by atoms with Crippen molar-refractivity contribution < 1.29 is 9.59 Å². The first-order valence-electron chi connectivity index (χ1n) is 8.58. The van der Waals surface area contributed by atoms with Crippen molar-refractivity contribution in [1.82, 2.24) is 4.90 Å². The topological polar surface area (TPSA) is 52.7 Å². The Labute approximate surface area is 162 Å². The van der Waals surface area contributed by atoms with Crippen molar-refractivity contribution in [1.29, 1.82) is 0 Å². The molecule has 0 spiro atoms. The maximum atomic E-state index is 13.0. The Hall–Kier alpha value is -2.18. The fourth-order valence-electron chi connectivity index (χ4n) is 3.25. The summed E-state index contributed by atoms with van der Waals surface area (Å²) in [6.07, 6.45) is 0.286. The number of anilines is 2. The van der Waals surface area contributed by atoms with Gasteiger partial charge in [0, 0.05) is 23.5 Å². The van der Waals surface area contributed by atoms with Crippen molar-refractivity contribution in [2.45, 2.75) is 25.9 Å². The summed E-state index contributed by atoms with van der Waals surface area (Å²) in [4.78, 5) is 28.8. The summed E-state index contributed by atoms with van der Waals surface area (Å²) in [5.41, 5.74) is 2.57. The molecule has 5 nitrogen and oxygen atoms in total. The lowest BCUT2D eigenvalue weighted by Crippen LogP contribution is -2.44. The van der Waals surface area contributed by atoms with Gasteiger partial charge in [0.05, 0.1) is 17.9 Å². The van der Waals surface area contributed by atoms with Crippen molar-refractivity contribution in [3.8, 4) is 0 Å². The summed E-state index contributed by atoms with van der Waals surface area (Å²) < 4.78 is 1.03. The number of para-hydroxylation sites is 2. The van der Waals surface area contributed by atoms with Gasteiger partial charge in [0.1, 0.15) is 0 Å². The molecule has 0 radical (unpaired) electrons. The van der Waals surface area contributed by atoms with E-state index >= 15 is 0 Å². The molecule has 0 bridgehead atoms. The molecule has 1 aliphatic heterocycles. The van der Waals surface area contributed by atoms with Gasteiger partial charge in [-0.15, -0.1) is 0 Å². The third-order valence-electron chi connectivity index (χ3n) is 4.43. The van der Waals surface area contributed by atoms with Gasteiger partial charge in [0.2, 0.25) is 11.8 Å². The van der Waals surface area contributed by atoms with Crippen LogP contribution in [0.4, 0.5) is 11.4 Å². The monoisotopic (exact) mass is 415 g/mol. The first-order chi connectivity index (χ1) is 12.5. The molecule has 3 rings (SSSR count). The fourth-order valence-corrected chi connectivity index (χ4v) is 3.66. The SMILES string of the molecule is CC1CC(=O)Nc2ccccc2N1C(=O)CN(C)Cc1ccccc1Br. The maximum absolute atomic E-state index is 13.0. The minimum Gasteiger partial charge on any atom is -0.324 e. The van der Waals surface area contributed by atoms with Crippen LogP contribution in [-0.2, 0) is 16.1 Å². The minimum atomic E-state index is -0.192. The highest BCUT2D eigenvalue weighted by molar-refractivity contribution is 9.10. The van der Waals surface area contributed by atoms with Crippen LogP contribution in [0.3, 0.4) is 0 Å². The van der Waals surface area contributed by atoms with Crippen LogP contribution in [0.5, 0.6) is 0 Å². The number of nitrogens with one attached hydrogen (secondary N) is 1. The Morgan fingerprint density at radius 2 is 1.92 bits per heavy atom. The van der Waals surface area contributed by atoms with Crippen molar-refractivity contribution in [3.05, 3.63) is 58.6 Å². The number of nitrogens with zero attached hydrogens (tertiary/aromatic N) is 2. The predicted molar refractivity (Wildman–Crippen MR) is 107 cm³/mol. The molecule has 2 aromatic carbocycles. The van der Waals surface area contributed by atoms with Gasteiger partial charge < -0.3 is 10.2 Å². The summed E-state index contributed by atoms with van der Waals surface area (Å²) in [7, 11) is 1.93. The molecule has 1 atom stereocenters. The number of hydrogen-bond acceptors (Lipinski definition) is 3. The highest BCUT2D eigenvalue weighted by Crippen LogP contribution is 2.31. The van der Waals surface area contributed by atoms with Crippen LogP contribution in [0, 0.1) is 0 Å². The summed E-state index contributed by atoms with van der Waals surface area (Å²) >= 11 is 3.55. The van der Waals surface area contributed by atoms with E-state index in [0.29, 0.717) is 12.2 Å². The Balaban J connectivity index is 1.78. The van der Waals surface area contributed by atoms with E-state index in [9.17, 15) is 9.59 Å². The van der Waals surface area contributed by atoms with E-state index in [2.05, 4.69) is 21.2 Å². The maximum Gasteiger partial charge on any atom is 0.241 e. The second-order valence-corrected chi connectivity index (χ2v) is 7.50. The van der Waals surface area contributed by atoms with E-state index in [-0.39, 0.29) is 30.8 Å². The normalized spacial score (nSPS) is 16.8.